The number of imidazole rings is 1. The maximum atomic E-state index is 10.7. The lowest BCUT2D eigenvalue weighted by molar-refractivity contribution is 0.0697. The molecule has 0 spiro atoms. The largest absolute Gasteiger partial charge is 0.478 e. The van der Waals surface area contributed by atoms with Gasteiger partial charge < -0.3 is 10.1 Å². The van der Waals surface area contributed by atoms with E-state index in [1.807, 2.05) is 0 Å². The Kier molecular flexibility index (Phi) is 3.23. The van der Waals surface area contributed by atoms with Crippen molar-refractivity contribution in [2.45, 2.75) is 19.8 Å². The van der Waals surface area contributed by atoms with Crippen LogP contribution in [0.25, 0.3) is 11.3 Å². The number of benzene rings is 1. The molecule has 0 atom stereocenters. The van der Waals surface area contributed by atoms with E-state index in [1.54, 1.807) is 30.5 Å². The molecule has 17 heavy (non-hydrogen) atoms. The van der Waals surface area contributed by atoms with Gasteiger partial charge in [-0.1, -0.05) is 19.1 Å². The van der Waals surface area contributed by atoms with Gasteiger partial charge in [0.2, 0.25) is 0 Å². The Bertz CT molecular complexity index is 514. The van der Waals surface area contributed by atoms with Crippen LogP contribution in [0.4, 0.5) is 0 Å². The lowest BCUT2D eigenvalue weighted by Gasteiger charge is -1.98. The number of carbonyl (C=O) groups is 1. The zero-order chi connectivity index (χ0) is 12.3. The Labute approximate surface area is 99.3 Å². The molecule has 4 nitrogen and oxygen atoms in total. The SMILES string of the molecule is CCCc1ncc(-c2ccc(C(=O)O)cc2)[nH]1. The summed E-state index contributed by atoms with van der Waals surface area (Å²) in [5.41, 5.74) is 2.16. The number of hydrogen-bond acceptors (Lipinski definition) is 2. The topological polar surface area (TPSA) is 66.0 Å². The second-order valence-corrected chi connectivity index (χ2v) is 3.88. The zero-order valence-corrected chi connectivity index (χ0v) is 9.60. The summed E-state index contributed by atoms with van der Waals surface area (Å²) in [6, 6.07) is 6.76. The smallest absolute Gasteiger partial charge is 0.335 e. The van der Waals surface area contributed by atoms with E-state index in [0.717, 1.165) is 29.9 Å². The van der Waals surface area contributed by atoms with Gasteiger partial charge in [0.05, 0.1) is 17.5 Å². The third-order valence-electron chi connectivity index (χ3n) is 2.56. The van der Waals surface area contributed by atoms with Gasteiger partial charge in [-0.2, -0.15) is 0 Å². The molecule has 0 aliphatic rings. The van der Waals surface area contributed by atoms with Gasteiger partial charge in [-0.3, -0.25) is 0 Å². The van der Waals surface area contributed by atoms with Crippen molar-refractivity contribution in [2.24, 2.45) is 0 Å². The Morgan fingerprint density at radius 1 is 1.35 bits per heavy atom. The average molecular weight is 230 g/mol. The molecule has 2 rings (SSSR count). The summed E-state index contributed by atoms with van der Waals surface area (Å²) in [7, 11) is 0. The van der Waals surface area contributed by atoms with Crippen LogP contribution in [-0.2, 0) is 6.42 Å². The van der Waals surface area contributed by atoms with E-state index < -0.39 is 5.97 Å². The van der Waals surface area contributed by atoms with Crippen molar-refractivity contribution in [1.82, 2.24) is 9.97 Å². The molecule has 0 fully saturated rings. The number of H-pyrrole nitrogens is 1. The molecule has 0 amide bonds. The van der Waals surface area contributed by atoms with Gasteiger partial charge in [-0.15, -0.1) is 0 Å². The fraction of sp³-hybridized carbons (Fsp3) is 0.231. The molecule has 1 aromatic carbocycles. The van der Waals surface area contributed by atoms with E-state index in [1.165, 1.54) is 0 Å². The third-order valence-corrected chi connectivity index (χ3v) is 2.56. The molecular formula is C13H14N2O2. The van der Waals surface area contributed by atoms with E-state index in [0.29, 0.717) is 5.56 Å². The molecule has 88 valence electrons. The number of hydrogen-bond donors (Lipinski definition) is 2. The first-order valence-electron chi connectivity index (χ1n) is 5.58. The van der Waals surface area contributed by atoms with E-state index >= 15 is 0 Å². The van der Waals surface area contributed by atoms with Crippen molar-refractivity contribution in [2.75, 3.05) is 0 Å². The highest BCUT2D eigenvalue weighted by Gasteiger charge is 2.05. The molecule has 2 N–H and O–H groups in total. The van der Waals surface area contributed by atoms with Crippen molar-refractivity contribution in [3.05, 3.63) is 41.9 Å². The molecule has 0 bridgehead atoms. The summed E-state index contributed by atoms with van der Waals surface area (Å²) in [4.78, 5) is 18.2. The minimum atomic E-state index is -0.909. The summed E-state index contributed by atoms with van der Waals surface area (Å²) >= 11 is 0. The minimum Gasteiger partial charge on any atom is -0.478 e. The molecular weight excluding hydrogens is 216 g/mol. The summed E-state index contributed by atoms with van der Waals surface area (Å²) in [6.07, 6.45) is 3.75. The second kappa shape index (κ2) is 4.82. The van der Waals surface area contributed by atoms with E-state index in [-0.39, 0.29) is 0 Å². The first-order chi connectivity index (χ1) is 8.20. The van der Waals surface area contributed by atoms with Crippen molar-refractivity contribution < 1.29 is 9.90 Å². The Hall–Kier alpha value is -2.10. The van der Waals surface area contributed by atoms with Gasteiger partial charge in [-0.25, -0.2) is 9.78 Å². The predicted molar refractivity (Wildman–Crippen MR) is 65.0 cm³/mol. The van der Waals surface area contributed by atoms with Gasteiger partial charge in [0.1, 0.15) is 5.82 Å². The molecule has 2 aromatic rings. The number of aromatic carboxylic acids is 1. The molecule has 0 saturated carbocycles. The van der Waals surface area contributed by atoms with Crippen LogP contribution < -0.4 is 0 Å². The van der Waals surface area contributed by atoms with Crippen molar-refractivity contribution in [3.63, 3.8) is 0 Å². The van der Waals surface area contributed by atoms with E-state index in [4.69, 9.17) is 5.11 Å². The van der Waals surface area contributed by atoms with Gasteiger partial charge >= 0.3 is 5.97 Å². The monoisotopic (exact) mass is 230 g/mol. The number of nitrogens with one attached hydrogen (secondary N) is 1. The first kappa shape index (κ1) is 11.4. The quantitative estimate of drug-likeness (QED) is 0.848. The predicted octanol–water partition coefficient (Wildman–Crippen LogP) is 2.73. The van der Waals surface area contributed by atoms with Crippen LogP contribution in [0.1, 0.15) is 29.5 Å². The van der Waals surface area contributed by atoms with Gasteiger partial charge in [0.25, 0.3) is 0 Å². The van der Waals surface area contributed by atoms with Crippen molar-refractivity contribution >= 4 is 5.97 Å². The van der Waals surface area contributed by atoms with Crippen LogP contribution in [0.2, 0.25) is 0 Å². The fourth-order valence-corrected chi connectivity index (χ4v) is 1.67. The molecule has 1 aromatic heterocycles. The second-order valence-electron chi connectivity index (χ2n) is 3.88. The zero-order valence-electron chi connectivity index (χ0n) is 9.60. The summed E-state index contributed by atoms with van der Waals surface area (Å²) in [6.45, 7) is 2.10. The lowest BCUT2D eigenvalue weighted by Crippen LogP contribution is -1.95. The van der Waals surface area contributed by atoms with Crippen LogP contribution in [0, 0.1) is 0 Å². The molecule has 0 radical (unpaired) electrons. The van der Waals surface area contributed by atoms with Crippen molar-refractivity contribution in [1.29, 1.82) is 0 Å². The maximum Gasteiger partial charge on any atom is 0.335 e. The standard InChI is InChI=1S/C13H14N2O2/c1-2-3-12-14-8-11(15-12)9-4-6-10(7-5-9)13(16)17/h4-8H,2-3H2,1H3,(H,14,15)(H,16,17). The number of nitrogens with zero attached hydrogens (tertiary/aromatic N) is 1. The highest BCUT2D eigenvalue weighted by molar-refractivity contribution is 5.88. The molecule has 0 saturated heterocycles. The third kappa shape index (κ3) is 2.53. The minimum absolute atomic E-state index is 0.294. The lowest BCUT2D eigenvalue weighted by atomic mass is 10.1. The summed E-state index contributed by atoms with van der Waals surface area (Å²) < 4.78 is 0. The Morgan fingerprint density at radius 2 is 2.06 bits per heavy atom. The van der Waals surface area contributed by atoms with Gasteiger partial charge in [0, 0.05) is 6.42 Å². The number of aryl methyl sites for hydroxylation is 1. The van der Waals surface area contributed by atoms with E-state index in [2.05, 4.69) is 16.9 Å². The average Bonchev–Trinajstić information content (AvgIpc) is 2.78. The molecule has 1 heterocycles. The van der Waals surface area contributed by atoms with Crippen LogP contribution in [0.5, 0.6) is 0 Å². The molecule has 4 heteroatoms. The molecule has 0 unspecified atom stereocenters. The number of carboxylic acids is 1. The number of rotatable bonds is 4. The van der Waals surface area contributed by atoms with Gasteiger partial charge in [0.15, 0.2) is 0 Å². The Balaban J connectivity index is 2.23. The number of aromatic amines is 1. The van der Waals surface area contributed by atoms with Crippen LogP contribution in [-0.4, -0.2) is 21.0 Å². The fourth-order valence-electron chi connectivity index (χ4n) is 1.67. The van der Waals surface area contributed by atoms with Crippen LogP contribution >= 0.6 is 0 Å². The summed E-state index contributed by atoms with van der Waals surface area (Å²) in [5, 5.41) is 8.80. The van der Waals surface area contributed by atoms with E-state index in [9.17, 15) is 4.79 Å². The highest BCUT2D eigenvalue weighted by atomic mass is 16.4. The number of carboxylic acid groups (broad SMARTS) is 1. The van der Waals surface area contributed by atoms with Crippen LogP contribution in [0.3, 0.4) is 0 Å². The highest BCUT2D eigenvalue weighted by Crippen LogP contribution is 2.18. The van der Waals surface area contributed by atoms with Gasteiger partial charge in [-0.05, 0) is 24.1 Å². The molecule has 0 aliphatic heterocycles. The van der Waals surface area contributed by atoms with Crippen LogP contribution in [0.15, 0.2) is 30.5 Å². The maximum absolute atomic E-state index is 10.7. The number of aromatic nitrogens is 2. The molecule has 0 aliphatic carbocycles. The van der Waals surface area contributed by atoms with Crippen molar-refractivity contribution in [3.8, 4) is 11.3 Å². The Morgan fingerprint density at radius 3 is 2.65 bits per heavy atom. The first-order valence-corrected chi connectivity index (χ1v) is 5.58. The normalized spacial score (nSPS) is 10.4. The summed E-state index contributed by atoms with van der Waals surface area (Å²) in [5.74, 6) is 0.0534.